The molecule has 0 heterocycles. The zero-order valence-corrected chi connectivity index (χ0v) is 17.4. The SMILES string of the molecule is CC(=O)N(CCC(=O)Nc1ccc(C(C)C)cc1)c1ccccc1OC(C)C. The first-order valence-corrected chi connectivity index (χ1v) is 9.71. The molecule has 5 nitrogen and oxygen atoms in total. The number of anilines is 2. The molecule has 0 unspecified atom stereocenters. The lowest BCUT2D eigenvalue weighted by molar-refractivity contribution is -0.117. The summed E-state index contributed by atoms with van der Waals surface area (Å²) in [5.74, 6) is 0.819. The summed E-state index contributed by atoms with van der Waals surface area (Å²) < 4.78 is 5.81. The van der Waals surface area contributed by atoms with Gasteiger partial charge in [-0.15, -0.1) is 0 Å². The highest BCUT2D eigenvalue weighted by Gasteiger charge is 2.18. The highest BCUT2D eigenvalue weighted by molar-refractivity contribution is 5.95. The Morgan fingerprint density at radius 2 is 1.64 bits per heavy atom. The van der Waals surface area contributed by atoms with Crippen LogP contribution in [0.5, 0.6) is 5.75 Å². The maximum absolute atomic E-state index is 12.4. The molecule has 150 valence electrons. The average Bonchev–Trinajstić information content (AvgIpc) is 2.63. The lowest BCUT2D eigenvalue weighted by atomic mass is 10.0. The van der Waals surface area contributed by atoms with E-state index in [-0.39, 0.29) is 30.9 Å². The van der Waals surface area contributed by atoms with Gasteiger partial charge in [0, 0.05) is 25.6 Å². The first-order valence-electron chi connectivity index (χ1n) is 9.71. The lowest BCUT2D eigenvalue weighted by Crippen LogP contribution is -2.32. The average molecular weight is 383 g/mol. The van der Waals surface area contributed by atoms with Crippen molar-refractivity contribution in [1.82, 2.24) is 0 Å². The van der Waals surface area contributed by atoms with E-state index in [4.69, 9.17) is 4.74 Å². The van der Waals surface area contributed by atoms with Crippen LogP contribution in [-0.2, 0) is 9.59 Å². The number of hydrogen-bond acceptors (Lipinski definition) is 3. The van der Waals surface area contributed by atoms with E-state index in [1.54, 1.807) is 4.90 Å². The van der Waals surface area contributed by atoms with E-state index >= 15 is 0 Å². The van der Waals surface area contributed by atoms with E-state index in [0.717, 1.165) is 5.69 Å². The maximum Gasteiger partial charge on any atom is 0.226 e. The number of benzene rings is 2. The van der Waals surface area contributed by atoms with Crippen LogP contribution in [0.1, 0.15) is 52.5 Å². The number of para-hydroxylation sites is 2. The molecular formula is C23H30N2O3. The van der Waals surface area contributed by atoms with Crippen LogP contribution < -0.4 is 15.0 Å². The Bertz CT molecular complexity index is 798. The summed E-state index contributed by atoms with van der Waals surface area (Å²) in [7, 11) is 0. The minimum Gasteiger partial charge on any atom is -0.489 e. The fourth-order valence-electron chi connectivity index (χ4n) is 2.87. The van der Waals surface area contributed by atoms with Crippen molar-refractivity contribution in [1.29, 1.82) is 0 Å². The molecule has 2 aromatic rings. The summed E-state index contributed by atoms with van der Waals surface area (Å²) in [5.41, 5.74) is 2.66. The van der Waals surface area contributed by atoms with Gasteiger partial charge in [-0.1, -0.05) is 38.1 Å². The summed E-state index contributed by atoms with van der Waals surface area (Å²) in [4.78, 5) is 26.1. The van der Waals surface area contributed by atoms with E-state index in [0.29, 0.717) is 17.4 Å². The number of carbonyl (C=O) groups is 2. The normalized spacial score (nSPS) is 10.8. The molecule has 0 saturated heterocycles. The fourth-order valence-corrected chi connectivity index (χ4v) is 2.87. The number of hydrogen-bond donors (Lipinski definition) is 1. The van der Waals surface area contributed by atoms with Crippen LogP contribution in [0.2, 0.25) is 0 Å². The third kappa shape index (κ3) is 6.12. The molecule has 0 saturated carbocycles. The molecule has 0 aromatic heterocycles. The van der Waals surface area contributed by atoms with Crippen molar-refractivity contribution in [2.75, 3.05) is 16.8 Å². The van der Waals surface area contributed by atoms with Crippen molar-refractivity contribution in [2.45, 2.75) is 53.1 Å². The number of amides is 2. The zero-order chi connectivity index (χ0) is 20.7. The van der Waals surface area contributed by atoms with Crippen LogP contribution in [0.4, 0.5) is 11.4 Å². The smallest absolute Gasteiger partial charge is 0.226 e. The summed E-state index contributed by atoms with van der Waals surface area (Å²) in [6.45, 7) is 9.91. The van der Waals surface area contributed by atoms with E-state index in [2.05, 4.69) is 19.2 Å². The molecular weight excluding hydrogens is 352 g/mol. The molecule has 2 aromatic carbocycles. The van der Waals surface area contributed by atoms with Gasteiger partial charge in [0.25, 0.3) is 0 Å². The van der Waals surface area contributed by atoms with Gasteiger partial charge in [0.1, 0.15) is 5.75 Å². The second-order valence-electron chi connectivity index (χ2n) is 7.38. The molecule has 5 heteroatoms. The van der Waals surface area contributed by atoms with Gasteiger partial charge < -0.3 is 15.0 Å². The Labute approximate surface area is 167 Å². The predicted octanol–water partition coefficient (Wildman–Crippen LogP) is 4.98. The van der Waals surface area contributed by atoms with Gasteiger partial charge in [0.15, 0.2) is 0 Å². The molecule has 28 heavy (non-hydrogen) atoms. The minimum absolute atomic E-state index is 0.00734. The van der Waals surface area contributed by atoms with Crippen LogP contribution in [0.3, 0.4) is 0 Å². The topological polar surface area (TPSA) is 58.6 Å². The van der Waals surface area contributed by atoms with Gasteiger partial charge in [-0.05, 0) is 49.6 Å². The van der Waals surface area contributed by atoms with Gasteiger partial charge >= 0.3 is 0 Å². The zero-order valence-electron chi connectivity index (χ0n) is 17.4. The van der Waals surface area contributed by atoms with E-state index < -0.39 is 0 Å². The molecule has 0 bridgehead atoms. The first-order chi connectivity index (χ1) is 13.3. The van der Waals surface area contributed by atoms with Crippen molar-refractivity contribution in [2.24, 2.45) is 0 Å². The Hall–Kier alpha value is -2.82. The van der Waals surface area contributed by atoms with Crippen LogP contribution in [0, 0.1) is 0 Å². The number of ether oxygens (including phenoxy) is 1. The summed E-state index contributed by atoms with van der Waals surface area (Å²) >= 11 is 0. The maximum atomic E-state index is 12.4. The molecule has 0 aliphatic carbocycles. The van der Waals surface area contributed by atoms with Gasteiger partial charge in [0.2, 0.25) is 11.8 Å². The summed E-state index contributed by atoms with van der Waals surface area (Å²) in [6, 6.07) is 15.2. The summed E-state index contributed by atoms with van der Waals surface area (Å²) in [6.07, 6.45) is 0.189. The molecule has 0 spiro atoms. The minimum atomic E-state index is -0.134. The lowest BCUT2D eigenvalue weighted by Gasteiger charge is -2.24. The second-order valence-corrected chi connectivity index (χ2v) is 7.38. The first kappa shape index (κ1) is 21.5. The molecule has 2 rings (SSSR count). The third-order valence-electron chi connectivity index (χ3n) is 4.32. The molecule has 0 aliphatic heterocycles. The monoisotopic (exact) mass is 382 g/mol. The molecule has 0 atom stereocenters. The second kappa shape index (κ2) is 9.93. The molecule has 2 amide bonds. The number of nitrogens with one attached hydrogen (secondary N) is 1. The fraction of sp³-hybridized carbons (Fsp3) is 0.391. The third-order valence-corrected chi connectivity index (χ3v) is 4.32. The van der Waals surface area contributed by atoms with Gasteiger partial charge in [0.05, 0.1) is 11.8 Å². The van der Waals surface area contributed by atoms with Crippen LogP contribution in [-0.4, -0.2) is 24.5 Å². The predicted molar refractivity (Wildman–Crippen MR) is 114 cm³/mol. The largest absolute Gasteiger partial charge is 0.489 e. The van der Waals surface area contributed by atoms with E-state index in [1.165, 1.54) is 12.5 Å². The van der Waals surface area contributed by atoms with Crippen molar-refractivity contribution < 1.29 is 14.3 Å². The van der Waals surface area contributed by atoms with E-state index in [1.807, 2.05) is 62.4 Å². The molecule has 1 N–H and O–H groups in total. The van der Waals surface area contributed by atoms with Crippen molar-refractivity contribution in [3.63, 3.8) is 0 Å². The molecule has 0 radical (unpaired) electrons. The van der Waals surface area contributed by atoms with Crippen LogP contribution in [0.25, 0.3) is 0 Å². The van der Waals surface area contributed by atoms with Crippen LogP contribution >= 0.6 is 0 Å². The Kier molecular flexibility index (Phi) is 7.61. The van der Waals surface area contributed by atoms with Gasteiger partial charge in [-0.3, -0.25) is 9.59 Å². The van der Waals surface area contributed by atoms with Crippen molar-refractivity contribution in [3.05, 3.63) is 54.1 Å². The number of rotatable bonds is 8. The molecule has 0 aliphatic rings. The number of nitrogens with zero attached hydrogens (tertiary/aromatic N) is 1. The highest BCUT2D eigenvalue weighted by Crippen LogP contribution is 2.29. The van der Waals surface area contributed by atoms with Crippen LogP contribution in [0.15, 0.2) is 48.5 Å². The Balaban J connectivity index is 2.03. The van der Waals surface area contributed by atoms with Gasteiger partial charge in [-0.2, -0.15) is 0 Å². The van der Waals surface area contributed by atoms with Gasteiger partial charge in [-0.25, -0.2) is 0 Å². The van der Waals surface area contributed by atoms with E-state index in [9.17, 15) is 9.59 Å². The summed E-state index contributed by atoms with van der Waals surface area (Å²) in [5, 5.41) is 2.89. The number of carbonyl (C=O) groups excluding carboxylic acids is 2. The standard InChI is InChI=1S/C23H30N2O3/c1-16(2)19-10-12-20(13-11-19)24-23(27)14-15-25(18(5)26)21-8-6-7-9-22(21)28-17(3)4/h6-13,16-17H,14-15H2,1-5H3,(H,24,27). The Morgan fingerprint density at radius 3 is 2.21 bits per heavy atom. The Morgan fingerprint density at radius 1 is 1.00 bits per heavy atom. The quantitative estimate of drug-likeness (QED) is 0.700. The van der Waals surface area contributed by atoms with Crippen molar-refractivity contribution in [3.8, 4) is 5.75 Å². The molecule has 0 fully saturated rings. The highest BCUT2D eigenvalue weighted by atomic mass is 16.5. The van der Waals surface area contributed by atoms with Crippen molar-refractivity contribution >= 4 is 23.2 Å².